The van der Waals surface area contributed by atoms with E-state index in [1.54, 1.807) is 5.01 Å². The first-order chi connectivity index (χ1) is 8.31. The Morgan fingerprint density at radius 1 is 1.29 bits per heavy atom. The van der Waals surface area contributed by atoms with Gasteiger partial charge in [-0.2, -0.15) is 0 Å². The van der Waals surface area contributed by atoms with Gasteiger partial charge in [0.2, 0.25) is 0 Å². The molecule has 0 aliphatic carbocycles. The van der Waals surface area contributed by atoms with Crippen LogP contribution in [0.5, 0.6) is 0 Å². The molecule has 1 aliphatic heterocycles. The average Bonchev–Trinajstić information content (AvgIpc) is 2.40. The van der Waals surface area contributed by atoms with E-state index >= 15 is 0 Å². The second-order valence-corrected chi connectivity index (χ2v) is 3.67. The largest absolute Gasteiger partial charge is 0.281 e. The highest BCUT2D eigenvalue weighted by Crippen LogP contribution is 2.23. The lowest BCUT2D eigenvalue weighted by molar-refractivity contribution is -0.120. The summed E-state index contributed by atoms with van der Waals surface area (Å²) in [6.45, 7) is 3.44. The Bertz CT molecular complexity index is 462. The minimum atomic E-state index is -0.217. The summed E-state index contributed by atoms with van der Waals surface area (Å²) in [4.78, 5) is 11.3. The second kappa shape index (κ2) is 5.16. The minimum Gasteiger partial charge on any atom is -0.281 e. The molecule has 3 heteroatoms. The van der Waals surface area contributed by atoms with E-state index < -0.39 is 0 Å². The van der Waals surface area contributed by atoms with Gasteiger partial charge in [0.15, 0.2) is 0 Å². The van der Waals surface area contributed by atoms with Gasteiger partial charge in [-0.05, 0) is 17.7 Å². The highest BCUT2D eigenvalue weighted by atomic mass is 16.2. The van der Waals surface area contributed by atoms with E-state index in [9.17, 15) is 4.79 Å². The molecule has 1 heterocycles. The Hall–Kier alpha value is -2.29. The number of carbonyl (C=O) groups excluding carboxylic acids is 1. The molecular weight excluding hydrogens is 212 g/mol. The van der Waals surface area contributed by atoms with Gasteiger partial charge >= 0.3 is 0 Å². The van der Waals surface area contributed by atoms with Crippen LogP contribution in [0.4, 0.5) is 0 Å². The summed E-state index contributed by atoms with van der Waals surface area (Å²) in [5, 5.41) is 1.76. The summed E-state index contributed by atoms with van der Waals surface area (Å²) in [5.41, 5.74) is 3.88. The van der Waals surface area contributed by atoms with E-state index in [-0.39, 0.29) is 11.9 Å². The fourth-order valence-corrected chi connectivity index (χ4v) is 1.70. The molecule has 1 N–H and O–H groups in total. The Kier molecular flexibility index (Phi) is 3.40. The number of benzene rings is 1. The van der Waals surface area contributed by atoms with Gasteiger partial charge in [-0.3, -0.25) is 15.2 Å². The van der Waals surface area contributed by atoms with Crippen LogP contribution in [0.15, 0.2) is 67.4 Å². The Labute approximate surface area is 101 Å². The van der Waals surface area contributed by atoms with Crippen molar-refractivity contribution in [2.24, 2.45) is 0 Å². The summed E-state index contributed by atoms with van der Waals surface area (Å²) in [6.07, 6.45) is 8.96. The predicted molar refractivity (Wildman–Crippen MR) is 67.6 cm³/mol. The standard InChI is InChI=1S/C14H14N2O/c1-2-14(17)15-16-11-7-6-10-13(16)12-8-4-3-5-9-12/h2-11,13H,1H2,(H,15,17). The van der Waals surface area contributed by atoms with Crippen molar-refractivity contribution in [2.75, 3.05) is 0 Å². The Morgan fingerprint density at radius 2 is 2.06 bits per heavy atom. The molecule has 0 spiro atoms. The molecule has 0 fully saturated rings. The quantitative estimate of drug-likeness (QED) is 0.802. The van der Waals surface area contributed by atoms with Crippen LogP contribution in [-0.2, 0) is 4.79 Å². The number of hydrogen-bond acceptors (Lipinski definition) is 2. The van der Waals surface area contributed by atoms with Gasteiger partial charge in [-0.25, -0.2) is 0 Å². The molecule has 1 aromatic carbocycles. The lowest BCUT2D eigenvalue weighted by Gasteiger charge is -2.30. The Balaban J connectivity index is 2.19. The van der Waals surface area contributed by atoms with Crippen molar-refractivity contribution in [3.8, 4) is 0 Å². The molecule has 0 bridgehead atoms. The molecule has 17 heavy (non-hydrogen) atoms. The average molecular weight is 226 g/mol. The molecule has 0 aromatic heterocycles. The second-order valence-electron chi connectivity index (χ2n) is 3.67. The number of nitrogens with zero attached hydrogens (tertiary/aromatic N) is 1. The van der Waals surface area contributed by atoms with Crippen molar-refractivity contribution in [2.45, 2.75) is 6.04 Å². The summed E-state index contributed by atoms with van der Waals surface area (Å²) in [7, 11) is 0. The molecular formula is C14H14N2O. The molecule has 0 radical (unpaired) electrons. The highest BCUT2D eigenvalue weighted by molar-refractivity contribution is 5.86. The van der Waals surface area contributed by atoms with Crippen molar-refractivity contribution in [1.29, 1.82) is 0 Å². The van der Waals surface area contributed by atoms with Crippen molar-refractivity contribution >= 4 is 5.91 Å². The molecule has 1 amide bonds. The maximum Gasteiger partial charge on any atom is 0.261 e. The number of carbonyl (C=O) groups is 1. The van der Waals surface area contributed by atoms with Crippen LogP contribution in [0, 0.1) is 0 Å². The first-order valence-electron chi connectivity index (χ1n) is 5.42. The zero-order valence-electron chi connectivity index (χ0n) is 9.41. The molecule has 1 unspecified atom stereocenters. The van der Waals surface area contributed by atoms with Gasteiger partial charge in [-0.1, -0.05) is 49.1 Å². The van der Waals surface area contributed by atoms with Crippen molar-refractivity contribution in [1.82, 2.24) is 10.4 Å². The van der Waals surface area contributed by atoms with E-state index in [0.29, 0.717) is 0 Å². The van der Waals surface area contributed by atoms with E-state index in [4.69, 9.17) is 0 Å². The predicted octanol–water partition coefficient (Wildman–Crippen LogP) is 2.33. The van der Waals surface area contributed by atoms with E-state index in [1.165, 1.54) is 6.08 Å². The molecule has 3 nitrogen and oxygen atoms in total. The summed E-state index contributed by atoms with van der Waals surface area (Å²) >= 11 is 0. The van der Waals surface area contributed by atoms with Crippen LogP contribution in [0.2, 0.25) is 0 Å². The van der Waals surface area contributed by atoms with Crippen molar-refractivity contribution < 1.29 is 4.79 Å². The van der Waals surface area contributed by atoms with Crippen LogP contribution < -0.4 is 5.43 Å². The van der Waals surface area contributed by atoms with Crippen LogP contribution in [-0.4, -0.2) is 10.9 Å². The summed E-state index contributed by atoms with van der Waals surface area (Å²) < 4.78 is 0. The number of nitrogens with one attached hydrogen (secondary N) is 1. The Morgan fingerprint density at radius 3 is 2.76 bits per heavy atom. The third-order valence-electron chi connectivity index (χ3n) is 2.52. The van der Waals surface area contributed by atoms with Gasteiger partial charge in [0.25, 0.3) is 5.91 Å². The first-order valence-corrected chi connectivity index (χ1v) is 5.42. The fourth-order valence-electron chi connectivity index (χ4n) is 1.70. The van der Waals surface area contributed by atoms with Crippen molar-refractivity contribution in [3.05, 3.63) is 73.0 Å². The van der Waals surface area contributed by atoms with Crippen LogP contribution in [0.25, 0.3) is 0 Å². The maximum atomic E-state index is 11.3. The van der Waals surface area contributed by atoms with Crippen LogP contribution in [0.1, 0.15) is 11.6 Å². The normalized spacial score (nSPS) is 17.9. The number of allylic oxidation sites excluding steroid dienone is 2. The molecule has 0 saturated heterocycles. The smallest absolute Gasteiger partial charge is 0.261 e. The SMILES string of the molecule is C=CC(=O)NN1C=CC=CC1c1ccccc1. The molecule has 1 atom stereocenters. The first kappa shape index (κ1) is 11.2. The highest BCUT2D eigenvalue weighted by Gasteiger charge is 2.17. The van der Waals surface area contributed by atoms with Gasteiger partial charge in [0, 0.05) is 6.20 Å². The number of rotatable bonds is 3. The van der Waals surface area contributed by atoms with Gasteiger partial charge in [-0.15, -0.1) is 0 Å². The van der Waals surface area contributed by atoms with E-state index in [0.717, 1.165) is 5.56 Å². The topological polar surface area (TPSA) is 32.3 Å². The monoisotopic (exact) mass is 226 g/mol. The summed E-state index contributed by atoms with van der Waals surface area (Å²) in [5.74, 6) is -0.217. The van der Waals surface area contributed by atoms with Crippen molar-refractivity contribution in [3.63, 3.8) is 0 Å². The number of hydrogen-bond donors (Lipinski definition) is 1. The number of hydrazine groups is 1. The third kappa shape index (κ3) is 2.64. The lowest BCUT2D eigenvalue weighted by Crippen LogP contribution is -2.40. The van der Waals surface area contributed by atoms with Gasteiger partial charge in [0.1, 0.15) is 0 Å². The van der Waals surface area contributed by atoms with Crippen LogP contribution >= 0.6 is 0 Å². The summed E-state index contributed by atoms with van der Waals surface area (Å²) in [6, 6.07) is 10.0. The molecule has 0 saturated carbocycles. The zero-order valence-corrected chi connectivity index (χ0v) is 9.41. The number of amides is 1. The molecule has 86 valence electrons. The zero-order chi connectivity index (χ0) is 12.1. The molecule has 2 rings (SSSR count). The third-order valence-corrected chi connectivity index (χ3v) is 2.52. The minimum absolute atomic E-state index is 0.0186. The maximum absolute atomic E-state index is 11.3. The fraction of sp³-hybridized carbons (Fsp3) is 0.0714. The van der Waals surface area contributed by atoms with E-state index in [1.807, 2.05) is 54.8 Å². The van der Waals surface area contributed by atoms with E-state index in [2.05, 4.69) is 12.0 Å². The molecule has 1 aromatic rings. The van der Waals surface area contributed by atoms with Gasteiger partial charge < -0.3 is 0 Å². The lowest BCUT2D eigenvalue weighted by atomic mass is 10.0. The van der Waals surface area contributed by atoms with Gasteiger partial charge in [0.05, 0.1) is 6.04 Å². The van der Waals surface area contributed by atoms with Crippen LogP contribution in [0.3, 0.4) is 0 Å². The molecule has 1 aliphatic rings.